The Morgan fingerprint density at radius 1 is 1.03 bits per heavy atom. The summed E-state index contributed by atoms with van der Waals surface area (Å²) in [4.78, 5) is 61.3. The van der Waals surface area contributed by atoms with E-state index < -0.39 is 41.0 Å². The lowest BCUT2D eigenvalue weighted by molar-refractivity contribution is -0.384. The maximum atomic E-state index is 12.8. The van der Waals surface area contributed by atoms with E-state index in [9.17, 15) is 29.3 Å². The molecule has 0 saturated carbocycles. The molecule has 0 fully saturated rings. The minimum Gasteiger partial charge on any atom is -0.459 e. The van der Waals surface area contributed by atoms with Crippen LogP contribution >= 0.6 is 0 Å². The average Bonchev–Trinajstić information content (AvgIpc) is 3.45. The van der Waals surface area contributed by atoms with E-state index >= 15 is 0 Å². The van der Waals surface area contributed by atoms with E-state index in [0.717, 1.165) is 4.90 Å². The van der Waals surface area contributed by atoms with E-state index in [1.54, 1.807) is 12.1 Å². The number of rotatable bonds is 7. The lowest BCUT2D eigenvalue weighted by atomic mass is 10.1. The van der Waals surface area contributed by atoms with Gasteiger partial charge in [-0.05, 0) is 35.9 Å². The zero-order chi connectivity index (χ0) is 24.2. The Morgan fingerprint density at radius 3 is 2.35 bits per heavy atom. The van der Waals surface area contributed by atoms with Crippen molar-refractivity contribution in [3.63, 3.8) is 0 Å². The third kappa shape index (κ3) is 4.43. The van der Waals surface area contributed by atoms with Crippen molar-refractivity contribution in [3.8, 4) is 0 Å². The Hall–Kier alpha value is -5.06. The summed E-state index contributed by atoms with van der Waals surface area (Å²) in [5, 5.41) is 13.4. The standard InChI is InChI=1S/C23H15N3O8/c27-20(19-9-4-10-33-19)24-18(12-14-5-3-6-15(11-14)26(31)32)23(30)34-13-25-21(28)16-7-1-2-8-17(16)22(25)29/h1-12H,13H2,(H,24,27)/b18-12-. The topological polar surface area (TPSA) is 149 Å². The molecule has 0 atom stereocenters. The number of carbonyl (C=O) groups is 4. The maximum absolute atomic E-state index is 12.8. The van der Waals surface area contributed by atoms with Crippen molar-refractivity contribution in [1.29, 1.82) is 0 Å². The molecule has 1 aliphatic rings. The molecule has 3 amide bonds. The third-order valence-electron chi connectivity index (χ3n) is 4.81. The van der Waals surface area contributed by atoms with Gasteiger partial charge >= 0.3 is 5.97 Å². The van der Waals surface area contributed by atoms with Crippen molar-refractivity contribution < 1.29 is 33.3 Å². The van der Waals surface area contributed by atoms with Gasteiger partial charge in [-0.2, -0.15) is 0 Å². The van der Waals surface area contributed by atoms with Crippen molar-refractivity contribution in [2.24, 2.45) is 0 Å². The second-order valence-corrected chi connectivity index (χ2v) is 6.99. The van der Waals surface area contributed by atoms with Crippen LogP contribution < -0.4 is 5.32 Å². The summed E-state index contributed by atoms with van der Waals surface area (Å²) in [6.07, 6.45) is 2.43. The first-order chi connectivity index (χ1) is 16.3. The van der Waals surface area contributed by atoms with E-state index in [-0.39, 0.29) is 28.1 Å². The molecule has 0 aliphatic carbocycles. The van der Waals surface area contributed by atoms with Gasteiger partial charge in [-0.25, -0.2) is 9.69 Å². The normalized spacial score (nSPS) is 12.9. The predicted octanol–water partition coefficient (Wildman–Crippen LogP) is 2.76. The Balaban J connectivity index is 1.56. The second-order valence-electron chi connectivity index (χ2n) is 6.99. The number of hydrogen-bond donors (Lipinski definition) is 1. The molecule has 11 nitrogen and oxygen atoms in total. The average molecular weight is 461 g/mol. The highest BCUT2D eigenvalue weighted by Gasteiger charge is 2.36. The molecule has 0 radical (unpaired) electrons. The Kier molecular flexibility index (Phi) is 5.99. The SMILES string of the molecule is O=C(OCN1C(=O)c2ccccc2C1=O)/C(=C/c1cccc([N+](=O)[O-])c1)NC(=O)c1ccco1. The highest BCUT2D eigenvalue weighted by atomic mass is 16.6. The third-order valence-corrected chi connectivity index (χ3v) is 4.81. The summed E-state index contributed by atoms with van der Waals surface area (Å²) >= 11 is 0. The Labute approximate surface area is 191 Å². The number of furan rings is 1. The van der Waals surface area contributed by atoms with Crippen molar-refractivity contribution in [3.05, 3.63) is 105 Å². The highest BCUT2D eigenvalue weighted by Crippen LogP contribution is 2.22. The molecule has 0 spiro atoms. The molecule has 1 N–H and O–H groups in total. The Morgan fingerprint density at radius 2 is 1.74 bits per heavy atom. The summed E-state index contributed by atoms with van der Waals surface area (Å²) in [5.74, 6) is -3.21. The van der Waals surface area contributed by atoms with Crippen molar-refractivity contribution in [2.75, 3.05) is 6.73 Å². The summed E-state index contributed by atoms with van der Waals surface area (Å²) in [7, 11) is 0. The van der Waals surface area contributed by atoms with Crippen molar-refractivity contribution in [1.82, 2.24) is 10.2 Å². The number of carbonyl (C=O) groups excluding carboxylic acids is 4. The van der Waals surface area contributed by atoms with Crippen LogP contribution in [0.4, 0.5) is 5.69 Å². The number of benzene rings is 2. The smallest absolute Gasteiger partial charge is 0.356 e. The van der Waals surface area contributed by atoms with Gasteiger partial charge in [-0.3, -0.25) is 24.5 Å². The van der Waals surface area contributed by atoms with Gasteiger partial charge in [-0.1, -0.05) is 24.3 Å². The number of nitrogens with one attached hydrogen (secondary N) is 1. The van der Waals surface area contributed by atoms with Crippen molar-refractivity contribution in [2.45, 2.75) is 0 Å². The number of esters is 1. The fourth-order valence-corrected chi connectivity index (χ4v) is 3.19. The summed E-state index contributed by atoms with van der Waals surface area (Å²) < 4.78 is 10.1. The minimum absolute atomic E-state index is 0.0990. The number of nitro groups is 1. The zero-order valence-corrected chi connectivity index (χ0v) is 17.3. The molecule has 170 valence electrons. The predicted molar refractivity (Wildman–Crippen MR) is 115 cm³/mol. The van der Waals surface area contributed by atoms with Crippen molar-refractivity contribution >= 4 is 35.5 Å². The van der Waals surface area contributed by atoms with Gasteiger partial charge in [0.25, 0.3) is 23.4 Å². The van der Waals surface area contributed by atoms with Crippen LogP contribution in [0.3, 0.4) is 0 Å². The van der Waals surface area contributed by atoms with Gasteiger partial charge in [0.15, 0.2) is 12.5 Å². The molecular formula is C23H15N3O8. The number of non-ortho nitro benzene ring substituents is 1. The number of amides is 3. The fourth-order valence-electron chi connectivity index (χ4n) is 3.19. The minimum atomic E-state index is -1.08. The zero-order valence-electron chi connectivity index (χ0n) is 17.3. The number of ether oxygens (including phenoxy) is 1. The lowest BCUT2D eigenvalue weighted by Gasteiger charge is -2.15. The Bertz CT molecular complexity index is 1310. The molecule has 2 aromatic carbocycles. The van der Waals surface area contributed by atoms with Gasteiger partial charge in [-0.15, -0.1) is 0 Å². The van der Waals surface area contributed by atoms with Crippen LogP contribution in [0.15, 0.2) is 77.0 Å². The molecule has 2 heterocycles. The molecule has 3 aromatic rings. The number of hydrogen-bond acceptors (Lipinski definition) is 8. The van der Waals surface area contributed by atoms with Gasteiger partial charge in [0.05, 0.1) is 22.3 Å². The van der Waals surface area contributed by atoms with Gasteiger partial charge < -0.3 is 14.5 Å². The monoisotopic (exact) mass is 461 g/mol. The summed E-state index contributed by atoms with van der Waals surface area (Å²) in [6, 6.07) is 14.3. The van der Waals surface area contributed by atoms with E-state index in [4.69, 9.17) is 9.15 Å². The van der Waals surface area contributed by atoms with Gasteiger partial charge in [0.2, 0.25) is 0 Å². The molecule has 34 heavy (non-hydrogen) atoms. The first kappa shape index (κ1) is 22.1. The van der Waals surface area contributed by atoms with E-state index in [1.165, 1.54) is 60.9 Å². The van der Waals surface area contributed by atoms with E-state index in [0.29, 0.717) is 0 Å². The van der Waals surface area contributed by atoms with Gasteiger partial charge in [0, 0.05) is 12.1 Å². The lowest BCUT2D eigenvalue weighted by Crippen LogP contribution is -2.35. The van der Waals surface area contributed by atoms with Crippen LogP contribution in [0.25, 0.3) is 6.08 Å². The summed E-state index contributed by atoms with van der Waals surface area (Å²) in [5.41, 5.74) is -0.0333. The molecular weight excluding hydrogens is 446 g/mol. The largest absolute Gasteiger partial charge is 0.459 e. The van der Waals surface area contributed by atoms with Crippen LogP contribution in [-0.4, -0.2) is 40.2 Å². The summed E-state index contributed by atoms with van der Waals surface area (Å²) in [6.45, 7) is -0.700. The highest BCUT2D eigenvalue weighted by molar-refractivity contribution is 6.21. The van der Waals surface area contributed by atoms with Crippen LogP contribution in [-0.2, 0) is 9.53 Å². The maximum Gasteiger partial charge on any atom is 0.356 e. The van der Waals surface area contributed by atoms with Crippen LogP contribution in [0, 0.1) is 10.1 Å². The molecule has 0 unspecified atom stereocenters. The molecule has 1 aliphatic heterocycles. The number of fused-ring (bicyclic) bond motifs is 1. The molecule has 0 bridgehead atoms. The first-order valence-corrected chi connectivity index (χ1v) is 9.78. The number of nitrogens with zero attached hydrogens (tertiary/aromatic N) is 2. The van der Waals surface area contributed by atoms with Crippen LogP contribution in [0.5, 0.6) is 0 Å². The number of nitro benzene ring substituents is 1. The number of imide groups is 1. The molecule has 0 saturated heterocycles. The second kappa shape index (κ2) is 9.20. The first-order valence-electron chi connectivity index (χ1n) is 9.78. The quantitative estimate of drug-likeness (QED) is 0.186. The van der Waals surface area contributed by atoms with Gasteiger partial charge in [0.1, 0.15) is 5.70 Å². The van der Waals surface area contributed by atoms with E-state index in [1.807, 2.05) is 0 Å². The molecule has 4 rings (SSSR count). The molecule has 11 heteroatoms. The van der Waals surface area contributed by atoms with Crippen LogP contribution in [0.2, 0.25) is 0 Å². The fraction of sp³-hybridized carbons (Fsp3) is 0.0435. The van der Waals surface area contributed by atoms with E-state index in [2.05, 4.69) is 5.32 Å². The molecule has 1 aromatic heterocycles. The van der Waals surface area contributed by atoms with Crippen LogP contribution in [0.1, 0.15) is 36.8 Å².